The molecule has 1 aromatic heterocycles. The molecule has 0 fully saturated rings. The lowest BCUT2D eigenvalue weighted by Crippen LogP contribution is -2.11. The summed E-state index contributed by atoms with van der Waals surface area (Å²) in [6.45, 7) is 3.04. The number of halogens is 4. The zero-order valence-electron chi connectivity index (χ0n) is 11.0. The van der Waals surface area contributed by atoms with Crippen molar-refractivity contribution >= 4 is 23.3 Å². The van der Waals surface area contributed by atoms with Gasteiger partial charge in [0.05, 0.1) is 17.1 Å². The van der Waals surface area contributed by atoms with E-state index in [4.69, 9.17) is 16.0 Å². The summed E-state index contributed by atoms with van der Waals surface area (Å²) >= 11 is 5.54. The average molecular weight is 321 g/mol. The Hall–Kier alpha value is -1.80. The smallest absolute Gasteiger partial charge is 0.406 e. The van der Waals surface area contributed by atoms with Gasteiger partial charge in [-0.25, -0.2) is 0 Å². The van der Waals surface area contributed by atoms with E-state index in [9.17, 15) is 13.2 Å². The fraction of sp³-hybridized carbons (Fsp3) is 0.333. The third kappa shape index (κ3) is 4.08. The van der Waals surface area contributed by atoms with Gasteiger partial charge in [-0.2, -0.15) is 13.2 Å². The number of nitrogens with one attached hydrogen (secondary N) is 2. The first-order valence-corrected chi connectivity index (χ1v) is 6.45. The Morgan fingerprint density at radius 1 is 1.29 bits per heavy atom. The minimum atomic E-state index is -4.53. The summed E-state index contributed by atoms with van der Waals surface area (Å²) in [5.41, 5.74) is -0.771. The van der Waals surface area contributed by atoms with Crippen molar-refractivity contribution in [3.63, 3.8) is 0 Å². The fourth-order valence-electron chi connectivity index (χ4n) is 1.55. The van der Waals surface area contributed by atoms with Crippen LogP contribution in [0.5, 0.6) is 0 Å². The van der Waals surface area contributed by atoms with E-state index in [-0.39, 0.29) is 16.7 Å². The van der Waals surface area contributed by atoms with E-state index in [2.05, 4.69) is 20.8 Å². The molecule has 1 heterocycles. The van der Waals surface area contributed by atoms with E-state index in [1.165, 1.54) is 6.07 Å². The van der Waals surface area contributed by atoms with Crippen molar-refractivity contribution < 1.29 is 17.6 Å². The highest BCUT2D eigenvalue weighted by Crippen LogP contribution is 2.36. The Bertz CT molecular complexity index is 615. The zero-order chi connectivity index (χ0) is 15.5. The van der Waals surface area contributed by atoms with Crippen LogP contribution in [0.1, 0.15) is 18.4 Å². The molecule has 0 aliphatic carbocycles. The molecule has 114 valence electrons. The van der Waals surface area contributed by atoms with Crippen molar-refractivity contribution in [2.75, 3.05) is 11.9 Å². The van der Waals surface area contributed by atoms with Crippen LogP contribution in [0.25, 0.3) is 0 Å². The van der Waals surface area contributed by atoms with Gasteiger partial charge in [-0.1, -0.05) is 23.6 Å². The highest BCUT2D eigenvalue weighted by Gasteiger charge is 2.33. The van der Waals surface area contributed by atoms with Gasteiger partial charge in [0, 0.05) is 5.69 Å². The Morgan fingerprint density at radius 2 is 2.05 bits per heavy atom. The number of hydrogen-bond acceptors (Lipinski definition) is 5. The Balaban J connectivity index is 2.14. The first-order valence-electron chi connectivity index (χ1n) is 6.07. The van der Waals surface area contributed by atoms with Gasteiger partial charge in [-0.15, -0.1) is 5.10 Å². The van der Waals surface area contributed by atoms with Crippen LogP contribution < -0.4 is 10.6 Å². The van der Waals surface area contributed by atoms with Crippen LogP contribution in [0.2, 0.25) is 5.02 Å². The third-order valence-corrected chi connectivity index (χ3v) is 2.85. The second-order valence-electron chi connectivity index (χ2n) is 4.10. The molecule has 2 aromatic rings. The molecule has 0 radical (unpaired) electrons. The molecule has 5 nitrogen and oxygen atoms in total. The zero-order valence-corrected chi connectivity index (χ0v) is 11.7. The molecule has 21 heavy (non-hydrogen) atoms. The third-order valence-electron chi connectivity index (χ3n) is 2.52. The van der Waals surface area contributed by atoms with E-state index in [0.717, 1.165) is 18.7 Å². The van der Waals surface area contributed by atoms with Crippen molar-refractivity contribution in [1.29, 1.82) is 0 Å². The standard InChI is InChI=1S/C12H12ClF3N4O/c1-2-17-6-10-19-20-11(21-10)18-7-3-4-9(13)8(5-7)12(14,15)16/h3-5,17H,2,6H2,1H3,(H,18,20). The van der Waals surface area contributed by atoms with Gasteiger partial charge in [-0.3, -0.25) is 0 Å². The van der Waals surface area contributed by atoms with Gasteiger partial charge < -0.3 is 15.1 Å². The number of hydrogen-bond donors (Lipinski definition) is 2. The van der Waals surface area contributed by atoms with E-state index in [1.54, 1.807) is 0 Å². The van der Waals surface area contributed by atoms with E-state index in [0.29, 0.717) is 12.4 Å². The van der Waals surface area contributed by atoms with Crippen molar-refractivity contribution in [2.24, 2.45) is 0 Å². The van der Waals surface area contributed by atoms with E-state index in [1.807, 2.05) is 6.92 Å². The summed E-state index contributed by atoms with van der Waals surface area (Å²) in [5, 5.41) is 12.7. The van der Waals surface area contributed by atoms with Crippen LogP contribution in [0.3, 0.4) is 0 Å². The Morgan fingerprint density at radius 3 is 2.71 bits per heavy atom. The predicted octanol–water partition coefficient (Wildman–Crippen LogP) is 3.59. The van der Waals surface area contributed by atoms with Crippen molar-refractivity contribution in [2.45, 2.75) is 19.6 Å². The predicted molar refractivity (Wildman–Crippen MR) is 71.4 cm³/mol. The van der Waals surface area contributed by atoms with Gasteiger partial charge in [0.2, 0.25) is 5.89 Å². The first-order chi connectivity index (χ1) is 9.90. The molecule has 0 spiro atoms. The Labute approximate surface area is 123 Å². The molecule has 1 aromatic carbocycles. The highest BCUT2D eigenvalue weighted by molar-refractivity contribution is 6.31. The van der Waals surface area contributed by atoms with Crippen molar-refractivity contribution in [1.82, 2.24) is 15.5 Å². The fourth-order valence-corrected chi connectivity index (χ4v) is 1.78. The lowest BCUT2D eigenvalue weighted by Gasteiger charge is -2.10. The SMILES string of the molecule is CCNCc1nnc(Nc2ccc(Cl)c(C(F)(F)F)c2)o1. The summed E-state index contributed by atoms with van der Waals surface area (Å²) in [5.74, 6) is 0.337. The number of nitrogens with zero attached hydrogens (tertiary/aromatic N) is 2. The maximum absolute atomic E-state index is 12.7. The minimum absolute atomic E-state index is 0.0124. The van der Waals surface area contributed by atoms with E-state index < -0.39 is 11.7 Å². The molecule has 0 saturated heterocycles. The molecule has 0 atom stereocenters. The quantitative estimate of drug-likeness (QED) is 0.881. The molecule has 0 amide bonds. The van der Waals surface area contributed by atoms with Gasteiger partial charge in [0.25, 0.3) is 0 Å². The molecule has 0 aliphatic heterocycles. The lowest BCUT2D eigenvalue weighted by atomic mass is 10.2. The maximum atomic E-state index is 12.7. The van der Waals surface area contributed by atoms with Crippen LogP contribution in [0.15, 0.2) is 22.6 Å². The van der Waals surface area contributed by atoms with Crippen LogP contribution in [-0.2, 0) is 12.7 Å². The normalized spacial score (nSPS) is 11.7. The maximum Gasteiger partial charge on any atom is 0.417 e. The second kappa shape index (κ2) is 6.31. The van der Waals surface area contributed by atoms with Crippen LogP contribution >= 0.6 is 11.6 Å². The van der Waals surface area contributed by atoms with Crippen LogP contribution in [0.4, 0.5) is 24.9 Å². The molecule has 2 N–H and O–H groups in total. The van der Waals surface area contributed by atoms with Gasteiger partial charge in [-0.05, 0) is 24.7 Å². The van der Waals surface area contributed by atoms with Crippen LogP contribution in [0, 0.1) is 0 Å². The number of aromatic nitrogens is 2. The van der Waals surface area contributed by atoms with Crippen LogP contribution in [-0.4, -0.2) is 16.7 Å². The summed E-state index contributed by atoms with van der Waals surface area (Å²) in [7, 11) is 0. The Kier molecular flexibility index (Phi) is 4.69. The second-order valence-corrected chi connectivity index (χ2v) is 4.51. The molecule has 0 bridgehead atoms. The lowest BCUT2D eigenvalue weighted by molar-refractivity contribution is -0.137. The largest absolute Gasteiger partial charge is 0.417 e. The molecular formula is C12H12ClF3N4O. The molecule has 2 rings (SSSR count). The highest BCUT2D eigenvalue weighted by atomic mass is 35.5. The first kappa shape index (κ1) is 15.6. The average Bonchev–Trinajstić information content (AvgIpc) is 2.85. The van der Waals surface area contributed by atoms with E-state index >= 15 is 0 Å². The van der Waals surface area contributed by atoms with Gasteiger partial charge in [0.15, 0.2) is 0 Å². The van der Waals surface area contributed by atoms with Crippen molar-refractivity contribution in [3.8, 4) is 0 Å². The summed E-state index contributed by atoms with van der Waals surface area (Å²) in [4.78, 5) is 0. The number of alkyl halides is 3. The number of rotatable bonds is 5. The summed E-state index contributed by atoms with van der Waals surface area (Å²) in [6.07, 6.45) is -4.53. The monoisotopic (exact) mass is 320 g/mol. The number of anilines is 2. The topological polar surface area (TPSA) is 63.0 Å². The van der Waals surface area contributed by atoms with Gasteiger partial charge >= 0.3 is 12.2 Å². The molecule has 0 saturated carbocycles. The minimum Gasteiger partial charge on any atom is -0.406 e. The summed E-state index contributed by atoms with van der Waals surface area (Å²) < 4.78 is 43.5. The van der Waals surface area contributed by atoms with Gasteiger partial charge in [0.1, 0.15) is 0 Å². The molecular weight excluding hydrogens is 309 g/mol. The number of benzene rings is 1. The molecule has 9 heteroatoms. The molecule has 0 unspecified atom stereocenters. The molecule has 0 aliphatic rings. The summed E-state index contributed by atoms with van der Waals surface area (Å²) in [6, 6.07) is 3.45. The van der Waals surface area contributed by atoms with Crippen molar-refractivity contribution in [3.05, 3.63) is 34.7 Å².